The summed E-state index contributed by atoms with van der Waals surface area (Å²) in [6, 6.07) is 10.1. The Morgan fingerprint density at radius 1 is 1.25 bits per heavy atom. The van der Waals surface area contributed by atoms with Crippen LogP contribution in [-0.2, 0) is 5.41 Å². The summed E-state index contributed by atoms with van der Waals surface area (Å²) >= 11 is 0. The van der Waals surface area contributed by atoms with E-state index in [-0.39, 0.29) is 11.3 Å². The molecule has 1 aliphatic carbocycles. The van der Waals surface area contributed by atoms with Gasteiger partial charge in [-0.1, -0.05) is 35.5 Å². The first-order valence-electron chi connectivity index (χ1n) is 5.20. The second-order valence-corrected chi connectivity index (χ2v) is 4.02. The molecule has 1 aliphatic rings. The average Bonchev–Trinajstić information content (AvgIpc) is 3.02. The molecule has 80 valence electrons. The van der Waals surface area contributed by atoms with E-state index in [0.29, 0.717) is 12.1 Å². The van der Waals surface area contributed by atoms with Crippen LogP contribution in [0.25, 0.3) is 0 Å². The van der Waals surface area contributed by atoms with Gasteiger partial charge in [0.05, 0.1) is 5.41 Å². The van der Waals surface area contributed by atoms with E-state index in [1.54, 1.807) is 0 Å². The molecule has 0 spiro atoms. The van der Waals surface area contributed by atoms with Crippen LogP contribution in [0.3, 0.4) is 0 Å². The van der Waals surface area contributed by atoms with Crippen molar-refractivity contribution in [3.05, 3.63) is 47.6 Å². The van der Waals surface area contributed by atoms with Crippen LogP contribution in [0.1, 0.15) is 34.9 Å². The zero-order valence-corrected chi connectivity index (χ0v) is 8.59. The summed E-state index contributed by atoms with van der Waals surface area (Å²) in [5.41, 5.74) is 1.07. The molecule has 1 fully saturated rings. The molecule has 1 aromatic carbocycles. The molecular formula is C12H10N2O2. The number of hydrogen-bond acceptors (Lipinski definition) is 4. The largest absolute Gasteiger partial charge is 0.331 e. The van der Waals surface area contributed by atoms with Crippen LogP contribution in [0, 0.1) is 0 Å². The molecule has 1 aromatic heterocycles. The maximum atomic E-state index is 10.5. The van der Waals surface area contributed by atoms with E-state index in [0.717, 1.165) is 12.8 Å². The summed E-state index contributed by atoms with van der Waals surface area (Å²) in [6.07, 6.45) is 2.60. The number of benzene rings is 1. The van der Waals surface area contributed by atoms with E-state index in [1.807, 2.05) is 18.2 Å². The maximum Gasteiger partial charge on any atom is 0.290 e. The molecule has 16 heavy (non-hydrogen) atoms. The quantitative estimate of drug-likeness (QED) is 0.733. The average molecular weight is 214 g/mol. The Hall–Kier alpha value is -1.97. The van der Waals surface area contributed by atoms with E-state index in [4.69, 9.17) is 4.52 Å². The molecule has 4 nitrogen and oxygen atoms in total. The molecule has 0 unspecified atom stereocenters. The minimum atomic E-state index is -0.119. The van der Waals surface area contributed by atoms with E-state index in [9.17, 15) is 4.79 Å². The Morgan fingerprint density at radius 2 is 2.00 bits per heavy atom. The SMILES string of the molecule is O=Cc1nc(C2(c3ccccc3)CC2)no1. The van der Waals surface area contributed by atoms with Crippen LogP contribution in [0.4, 0.5) is 0 Å². The molecule has 2 aromatic rings. The summed E-state index contributed by atoms with van der Waals surface area (Å²) in [4.78, 5) is 14.6. The zero-order valence-electron chi connectivity index (χ0n) is 8.59. The number of rotatable bonds is 3. The Morgan fingerprint density at radius 3 is 2.56 bits per heavy atom. The van der Waals surface area contributed by atoms with Gasteiger partial charge in [-0.15, -0.1) is 0 Å². The highest BCUT2D eigenvalue weighted by Crippen LogP contribution is 2.52. The number of aldehydes is 1. The lowest BCUT2D eigenvalue weighted by Gasteiger charge is -2.09. The van der Waals surface area contributed by atoms with Gasteiger partial charge in [-0.3, -0.25) is 4.79 Å². The number of nitrogens with zero attached hydrogens (tertiary/aromatic N) is 2. The Labute approximate surface area is 92.3 Å². The predicted octanol–water partition coefficient (Wildman–Crippen LogP) is 1.96. The van der Waals surface area contributed by atoms with Gasteiger partial charge in [0, 0.05) is 0 Å². The fourth-order valence-corrected chi connectivity index (χ4v) is 2.00. The monoisotopic (exact) mass is 214 g/mol. The fourth-order valence-electron chi connectivity index (χ4n) is 2.00. The van der Waals surface area contributed by atoms with Gasteiger partial charge < -0.3 is 4.52 Å². The van der Waals surface area contributed by atoms with Crippen molar-refractivity contribution in [2.45, 2.75) is 18.3 Å². The van der Waals surface area contributed by atoms with Crippen molar-refractivity contribution >= 4 is 6.29 Å². The van der Waals surface area contributed by atoms with Crippen LogP contribution >= 0.6 is 0 Å². The molecule has 1 heterocycles. The topological polar surface area (TPSA) is 56.0 Å². The van der Waals surface area contributed by atoms with Crippen molar-refractivity contribution in [3.8, 4) is 0 Å². The van der Waals surface area contributed by atoms with Gasteiger partial charge >= 0.3 is 0 Å². The summed E-state index contributed by atoms with van der Waals surface area (Å²) in [7, 11) is 0. The van der Waals surface area contributed by atoms with Gasteiger partial charge in [0.25, 0.3) is 5.89 Å². The normalized spacial score (nSPS) is 17.0. The van der Waals surface area contributed by atoms with Crippen molar-refractivity contribution < 1.29 is 9.32 Å². The van der Waals surface area contributed by atoms with E-state index < -0.39 is 0 Å². The first-order chi connectivity index (χ1) is 7.85. The molecule has 0 atom stereocenters. The third-order valence-electron chi connectivity index (χ3n) is 3.05. The van der Waals surface area contributed by atoms with Gasteiger partial charge in [-0.25, -0.2) is 0 Å². The highest BCUT2D eigenvalue weighted by molar-refractivity contribution is 5.67. The molecule has 3 rings (SSSR count). The molecule has 4 heteroatoms. The third kappa shape index (κ3) is 1.26. The van der Waals surface area contributed by atoms with Gasteiger partial charge in [0.1, 0.15) is 0 Å². The van der Waals surface area contributed by atoms with Crippen molar-refractivity contribution in [3.63, 3.8) is 0 Å². The van der Waals surface area contributed by atoms with Crippen LogP contribution in [0.5, 0.6) is 0 Å². The molecule has 0 amide bonds. The van der Waals surface area contributed by atoms with Crippen LogP contribution in [0.15, 0.2) is 34.9 Å². The standard InChI is InChI=1S/C12H10N2O2/c15-8-10-13-11(14-16-10)12(6-7-12)9-4-2-1-3-5-9/h1-5,8H,6-7H2. The van der Waals surface area contributed by atoms with Crippen LogP contribution in [-0.4, -0.2) is 16.4 Å². The number of hydrogen-bond donors (Lipinski definition) is 0. The van der Waals surface area contributed by atoms with Crippen molar-refractivity contribution in [1.82, 2.24) is 10.1 Å². The highest BCUT2D eigenvalue weighted by Gasteiger charge is 2.49. The number of carbonyl (C=O) groups is 1. The van der Waals surface area contributed by atoms with Gasteiger partial charge in [0.15, 0.2) is 5.82 Å². The molecule has 0 bridgehead atoms. The minimum Gasteiger partial charge on any atom is -0.331 e. The van der Waals surface area contributed by atoms with E-state index in [1.165, 1.54) is 5.56 Å². The first-order valence-corrected chi connectivity index (χ1v) is 5.20. The van der Waals surface area contributed by atoms with Crippen molar-refractivity contribution in [1.29, 1.82) is 0 Å². The first kappa shape index (κ1) is 9.27. The van der Waals surface area contributed by atoms with Crippen LogP contribution in [0.2, 0.25) is 0 Å². The molecule has 0 aliphatic heterocycles. The lowest BCUT2D eigenvalue weighted by molar-refractivity contribution is 0.108. The molecule has 0 radical (unpaired) electrons. The van der Waals surface area contributed by atoms with Gasteiger partial charge in [-0.2, -0.15) is 4.98 Å². The lowest BCUT2D eigenvalue weighted by atomic mass is 9.95. The Balaban J connectivity index is 2.03. The van der Waals surface area contributed by atoms with Crippen molar-refractivity contribution in [2.24, 2.45) is 0 Å². The smallest absolute Gasteiger partial charge is 0.290 e. The predicted molar refractivity (Wildman–Crippen MR) is 56.1 cm³/mol. The lowest BCUT2D eigenvalue weighted by Crippen LogP contribution is -2.10. The van der Waals surface area contributed by atoms with Gasteiger partial charge in [-0.05, 0) is 18.4 Å². The fraction of sp³-hybridized carbons (Fsp3) is 0.250. The summed E-state index contributed by atoms with van der Waals surface area (Å²) in [5.74, 6) is 0.679. The third-order valence-corrected chi connectivity index (χ3v) is 3.05. The highest BCUT2D eigenvalue weighted by atomic mass is 16.5. The molecule has 1 saturated carbocycles. The molecular weight excluding hydrogens is 204 g/mol. The molecule has 0 saturated heterocycles. The van der Waals surface area contributed by atoms with Crippen LogP contribution < -0.4 is 0 Å². The summed E-state index contributed by atoms with van der Waals surface area (Å²) in [6.45, 7) is 0. The van der Waals surface area contributed by atoms with Gasteiger partial charge in [0.2, 0.25) is 6.29 Å². The molecule has 0 N–H and O–H groups in total. The zero-order chi connectivity index (χ0) is 11.0. The number of aromatic nitrogens is 2. The second-order valence-electron chi connectivity index (χ2n) is 4.02. The number of carbonyl (C=O) groups excluding carboxylic acids is 1. The maximum absolute atomic E-state index is 10.5. The van der Waals surface area contributed by atoms with E-state index in [2.05, 4.69) is 22.3 Å². The minimum absolute atomic E-state index is 0.0530. The Kier molecular flexibility index (Phi) is 1.89. The summed E-state index contributed by atoms with van der Waals surface area (Å²) in [5, 5.41) is 3.88. The second kappa shape index (κ2) is 3.27. The Bertz CT molecular complexity index is 515. The van der Waals surface area contributed by atoms with Crippen molar-refractivity contribution in [2.75, 3.05) is 0 Å². The summed E-state index contributed by atoms with van der Waals surface area (Å²) < 4.78 is 4.83. The van der Waals surface area contributed by atoms with E-state index >= 15 is 0 Å².